The fourth-order valence-corrected chi connectivity index (χ4v) is 3.35. The summed E-state index contributed by atoms with van der Waals surface area (Å²) in [7, 11) is 1.80. The molecule has 3 aromatic heterocycles. The topological polar surface area (TPSA) is 113 Å². The van der Waals surface area contributed by atoms with Crippen molar-refractivity contribution in [2.45, 2.75) is 0 Å². The summed E-state index contributed by atoms with van der Waals surface area (Å²) < 4.78 is 22.1. The maximum absolute atomic E-state index is 13.5. The second-order valence-corrected chi connectivity index (χ2v) is 7.30. The zero-order valence-corrected chi connectivity index (χ0v) is 17.4. The van der Waals surface area contributed by atoms with E-state index < -0.39 is 11.4 Å². The van der Waals surface area contributed by atoms with Gasteiger partial charge in [0.2, 0.25) is 5.95 Å². The highest BCUT2D eigenvalue weighted by atomic mass is 19.1. The van der Waals surface area contributed by atoms with Crippen LogP contribution in [0.25, 0.3) is 16.7 Å². The van der Waals surface area contributed by atoms with E-state index in [-0.39, 0.29) is 5.75 Å². The maximum Gasteiger partial charge on any atom is 0.299 e. The van der Waals surface area contributed by atoms with Gasteiger partial charge in [-0.15, -0.1) is 0 Å². The smallest absolute Gasteiger partial charge is 0.299 e. The molecule has 5 aromatic rings. The van der Waals surface area contributed by atoms with Gasteiger partial charge >= 0.3 is 0 Å². The number of nitrogens with zero attached hydrogens (tertiary/aromatic N) is 5. The lowest BCUT2D eigenvalue weighted by Crippen LogP contribution is -2.21. The molecule has 0 fully saturated rings. The fourth-order valence-electron chi connectivity index (χ4n) is 3.35. The number of nitrogens with two attached hydrogens (primary N) is 1. The average molecular weight is 443 g/mol. The number of aromatic nitrogens is 5. The van der Waals surface area contributed by atoms with Gasteiger partial charge in [0.1, 0.15) is 11.6 Å². The van der Waals surface area contributed by atoms with E-state index in [4.69, 9.17) is 10.5 Å². The van der Waals surface area contributed by atoms with E-state index in [0.29, 0.717) is 39.8 Å². The fraction of sp³-hybridized carbons (Fsp3) is 0.0435. The Kier molecular flexibility index (Phi) is 4.94. The van der Waals surface area contributed by atoms with Gasteiger partial charge in [0.05, 0.1) is 17.6 Å². The molecule has 0 radical (unpaired) electrons. The van der Waals surface area contributed by atoms with Crippen LogP contribution in [0.4, 0.5) is 21.7 Å². The number of ether oxygens (including phenoxy) is 1. The number of pyridine rings is 1. The van der Waals surface area contributed by atoms with Gasteiger partial charge < -0.3 is 15.8 Å². The highest BCUT2D eigenvalue weighted by Gasteiger charge is 2.16. The van der Waals surface area contributed by atoms with Crippen LogP contribution in [-0.2, 0) is 7.05 Å². The minimum Gasteiger partial charge on any atom is -0.452 e. The molecule has 0 aliphatic rings. The standard InChI is InChI=1S/C23H18FN7O2/c1-30-13-17(12-27-30)28-23-26-11-14-9-20(33-19-7-5-15(24)6-8-19)22(32)31(21(14)29-23)18-4-2-3-16(25)10-18/h2-13H,25H2,1H3,(H,26,28,29). The molecule has 0 unspecified atom stereocenters. The van der Waals surface area contributed by atoms with Crippen molar-refractivity contribution in [2.75, 3.05) is 11.1 Å². The summed E-state index contributed by atoms with van der Waals surface area (Å²) in [5, 5.41) is 7.75. The normalized spacial score (nSPS) is 11.0. The Morgan fingerprint density at radius 1 is 1.09 bits per heavy atom. The zero-order valence-electron chi connectivity index (χ0n) is 17.4. The van der Waals surface area contributed by atoms with Crippen LogP contribution in [0.1, 0.15) is 0 Å². The number of aryl methyl sites for hydroxylation is 1. The molecule has 0 aliphatic heterocycles. The highest BCUT2D eigenvalue weighted by Crippen LogP contribution is 2.25. The van der Waals surface area contributed by atoms with E-state index in [1.54, 1.807) is 60.7 Å². The lowest BCUT2D eigenvalue weighted by molar-refractivity contribution is 0.471. The van der Waals surface area contributed by atoms with E-state index in [9.17, 15) is 9.18 Å². The second-order valence-electron chi connectivity index (χ2n) is 7.30. The Balaban J connectivity index is 1.67. The molecule has 5 rings (SSSR count). The number of hydrogen-bond donors (Lipinski definition) is 2. The van der Waals surface area contributed by atoms with Crippen molar-refractivity contribution in [2.24, 2.45) is 7.05 Å². The number of halogens is 1. The predicted octanol–water partition coefficient (Wildman–Crippen LogP) is 3.77. The first-order valence-corrected chi connectivity index (χ1v) is 9.94. The maximum atomic E-state index is 13.5. The molecular weight excluding hydrogens is 425 g/mol. The Labute approximate surface area is 186 Å². The van der Waals surface area contributed by atoms with E-state index >= 15 is 0 Å². The number of benzene rings is 2. The van der Waals surface area contributed by atoms with Crippen molar-refractivity contribution in [3.8, 4) is 17.2 Å². The molecule has 33 heavy (non-hydrogen) atoms. The molecule has 10 heteroatoms. The van der Waals surface area contributed by atoms with Gasteiger partial charge in [0.15, 0.2) is 11.4 Å². The molecule has 0 spiro atoms. The predicted molar refractivity (Wildman–Crippen MR) is 123 cm³/mol. The molecule has 0 saturated heterocycles. The van der Waals surface area contributed by atoms with Crippen LogP contribution < -0.4 is 21.3 Å². The summed E-state index contributed by atoms with van der Waals surface area (Å²) in [6, 6.07) is 13.8. The third kappa shape index (κ3) is 4.09. The van der Waals surface area contributed by atoms with E-state index in [1.165, 1.54) is 28.8 Å². The van der Waals surface area contributed by atoms with Gasteiger partial charge in [-0.1, -0.05) is 6.07 Å². The van der Waals surface area contributed by atoms with Gasteiger partial charge in [0, 0.05) is 30.5 Å². The van der Waals surface area contributed by atoms with Gasteiger partial charge in [-0.2, -0.15) is 10.1 Å². The lowest BCUT2D eigenvalue weighted by atomic mass is 10.2. The van der Waals surface area contributed by atoms with Crippen LogP contribution in [0.15, 0.2) is 78.0 Å². The molecule has 164 valence electrons. The molecule has 9 nitrogen and oxygen atoms in total. The van der Waals surface area contributed by atoms with Crippen LogP contribution in [-0.4, -0.2) is 24.3 Å². The van der Waals surface area contributed by atoms with Gasteiger partial charge in [-0.3, -0.25) is 14.0 Å². The van der Waals surface area contributed by atoms with Gasteiger partial charge in [-0.25, -0.2) is 9.37 Å². The van der Waals surface area contributed by atoms with E-state index in [2.05, 4.69) is 20.4 Å². The first-order valence-electron chi connectivity index (χ1n) is 9.94. The molecule has 0 aliphatic carbocycles. The van der Waals surface area contributed by atoms with Crippen molar-refractivity contribution in [3.05, 3.63) is 89.4 Å². The highest BCUT2D eigenvalue weighted by molar-refractivity contribution is 5.79. The summed E-state index contributed by atoms with van der Waals surface area (Å²) in [6.07, 6.45) is 5.00. The molecule has 0 saturated carbocycles. The van der Waals surface area contributed by atoms with E-state index in [0.717, 1.165) is 0 Å². The zero-order chi connectivity index (χ0) is 22.9. The molecule has 3 N–H and O–H groups in total. The Bertz CT molecular complexity index is 1530. The van der Waals surface area contributed by atoms with Crippen LogP contribution in [0.2, 0.25) is 0 Å². The van der Waals surface area contributed by atoms with Crippen LogP contribution in [0.3, 0.4) is 0 Å². The monoisotopic (exact) mass is 443 g/mol. The SMILES string of the molecule is Cn1cc(Nc2ncc3cc(Oc4ccc(F)cc4)c(=O)n(-c4cccc(N)c4)c3n2)cn1. The summed E-state index contributed by atoms with van der Waals surface area (Å²) in [4.78, 5) is 22.4. The second kappa shape index (κ2) is 8.08. The molecule has 2 aromatic carbocycles. The first-order chi connectivity index (χ1) is 16.0. The number of nitrogen functional groups attached to an aromatic ring is 1. The average Bonchev–Trinajstić information content (AvgIpc) is 3.20. The minimum atomic E-state index is -0.455. The Morgan fingerprint density at radius 2 is 1.91 bits per heavy atom. The van der Waals surface area contributed by atoms with Crippen LogP contribution in [0.5, 0.6) is 11.5 Å². The van der Waals surface area contributed by atoms with Crippen molar-refractivity contribution >= 4 is 28.4 Å². The van der Waals surface area contributed by atoms with Gasteiger partial charge in [0.25, 0.3) is 5.56 Å². The largest absolute Gasteiger partial charge is 0.452 e. The van der Waals surface area contributed by atoms with Crippen LogP contribution >= 0.6 is 0 Å². The summed E-state index contributed by atoms with van der Waals surface area (Å²) in [6.45, 7) is 0. The van der Waals surface area contributed by atoms with E-state index in [1.807, 2.05) is 0 Å². The number of fused-ring (bicyclic) bond motifs is 1. The molecule has 3 heterocycles. The molecule has 0 atom stereocenters. The lowest BCUT2D eigenvalue weighted by Gasteiger charge is -2.14. The van der Waals surface area contributed by atoms with Crippen molar-refractivity contribution < 1.29 is 9.13 Å². The quantitative estimate of drug-likeness (QED) is 0.398. The Morgan fingerprint density at radius 3 is 2.64 bits per heavy atom. The van der Waals surface area contributed by atoms with Gasteiger partial charge in [-0.05, 0) is 48.5 Å². The number of rotatable bonds is 5. The molecular formula is C23H18FN7O2. The minimum absolute atomic E-state index is 0.0353. The molecule has 0 amide bonds. The van der Waals surface area contributed by atoms with Crippen molar-refractivity contribution in [1.82, 2.24) is 24.3 Å². The van der Waals surface area contributed by atoms with Crippen molar-refractivity contribution in [1.29, 1.82) is 0 Å². The summed E-state index contributed by atoms with van der Waals surface area (Å²) >= 11 is 0. The Hall–Kier alpha value is -4.73. The number of hydrogen-bond acceptors (Lipinski definition) is 7. The summed E-state index contributed by atoms with van der Waals surface area (Å²) in [5.41, 5.74) is 7.57. The first kappa shape index (κ1) is 20.2. The third-order valence-electron chi connectivity index (χ3n) is 4.84. The number of anilines is 3. The van der Waals surface area contributed by atoms with Crippen LogP contribution in [0, 0.1) is 5.82 Å². The third-order valence-corrected chi connectivity index (χ3v) is 4.84. The van der Waals surface area contributed by atoms with Crippen molar-refractivity contribution in [3.63, 3.8) is 0 Å². The number of nitrogens with one attached hydrogen (secondary N) is 1. The molecule has 0 bridgehead atoms. The summed E-state index contributed by atoms with van der Waals surface area (Å²) in [5.74, 6) is 0.246.